The molecule has 15 heteroatoms. The molecule has 0 radical (unpaired) electrons. The van der Waals surface area contributed by atoms with Gasteiger partial charge in [-0.15, -0.1) is 11.3 Å². The number of nitrogens with zero attached hydrogens (tertiary/aromatic N) is 2. The number of rotatable bonds is 10. The smallest absolute Gasteiger partial charge is 0.341 e. The number of nitro benzene ring substituents is 1. The molecule has 3 N–H and O–H groups in total. The molecule has 1 aromatic heterocycles. The lowest BCUT2D eigenvalue weighted by molar-refractivity contribution is -0.384. The van der Waals surface area contributed by atoms with Gasteiger partial charge in [-0.1, -0.05) is 11.6 Å². The molecule has 1 heterocycles. The van der Waals surface area contributed by atoms with Crippen molar-refractivity contribution in [1.29, 1.82) is 0 Å². The maximum Gasteiger partial charge on any atom is 0.341 e. The molecule has 0 saturated carbocycles. The molecule has 0 bridgehead atoms. The molecule has 1 amide bonds. The van der Waals surface area contributed by atoms with Crippen molar-refractivity contribution >= 4 is 72.6 Å². The Hall–Kier alpha value is -4.01. The van der Waals surface area contributed by atoms with Crippen molar-refractivity contribution in [1.82, 2.24) is 0 Å². The summed E-state index contributed by atoms with van der Waals surface area (Å²) in [7, 11) is -4.14. The number of halogens is 1. The van der Waals surface area contributed by atoms with Gasteiger partial charge >= 0.3 is 5.97 Å². The second-order valence-electron chi connectivity index (χ2n) is 8.02. The van der Waals surface area contributed by atoms with Gasteiger partial charge in [0, 0.05) is 23.7 Å². The molecule has 0 aliphatic carbocycles. The lowest BCUT2D eigenvalue weighted by Gasteiger charge is -2.10. The first-order chi connectivity index (χ1) is 18.3. The van der Waals surface area contributed by atoms with Crippen LogP contribution in [-0.2, 0) is 19.6 Å². The molecule has 0 aliphatic rings. The normalized spacial score (nSPS) is 11.6. The summed E-state index contributed by atoms with van der Waals surface area (Å²) in [5.74, 6) is -0.987. The Morgan fingerprint density at radius 2 is 1.82 bits per heavy atom. The minimum Gasteiger partial charge on any atom is -0.462 e. The molecule has 0 unspecified atom stereocenters. The third-order valence-corrected chi connectivity index (χ3v) is 8.11. The average molecular weight is 594 g/mol. The van der Waals surface area contributed by atoms with Gasteiger partial charge in [-0.2, -0.15) is 5.10 Å². The van der Waals surface area contributed by atoms with E-state index >= 15 is 0 Å². The van der Waals surface area contributed by atoms with Crippen LogP contribution in [0, 0.1) is 17.0 Å². The first-order valence-electron chi connectivity index (χ1n) is 11.3. The molecular formula is C24H24ClN5O7S2. The quantitative estimate of drug-likeness (QED) is 0.122. The number of carbonyl (C=O) groups excluding carboxylic acids is 2. The van der Waals surface area contributed by atoms with E-state index in [-0.39, 0.29) is 39.3 Å². The van der Waals surface area contributed by atoms with Crippen LogP contribution in [0.4, 0.5) is 22.1 Å². The molecule has 39 heavy (non-hydrogen) atoms. The Morgan fingerprint density at radius 1 is 1.15 bits per heavy atom. The molecule has 3 aromatic rings. The molecule has 0 aliphatic heterocycles. The maximum absolute atomic E-state index is 12.8. The summed E-state index contributed by atoms with van der Waals surface area (Å²) in [5.41, 5.74) is 3.30. The standard InChI is InChI=1S/C24H24ClN5O7S2/c1-5-37-24(32)21-13(2)22(38-23(21)26-15(4)31)14(3)27-28-19-11-10-18(12-20(19)30(33)34)39(35,36)29-17-8-6-16(25)7-9-17/h6-12,28-29H,5H2,1-4H3,(H,26,31)/b27-14-. The fourth-order valence-electron chi connectivity index (χ4n) is 3.41. The van der Waals surface area contributed by atoms with Gasteiger partial charge in [0.15, 0.2) is 0 Å². The van der Waals surface area contributed by atoms with Gasteiger partial charge in [-0.05, 0) is 62.7 Å². The van der Waals surface area contributed by atoms with Crippen molar-refractivity contribution in [3.8, 4) is 0 Å². The SMILES string of the molecule is CCOC(=O)c1c(NC(C)=O)sc(/C(C)=N\Nc2ccc(S(=O)(=O)Nc3ccc(Cl)cc3)cc2[N+](=O)[O-])c1C. The van der Waals surface area contributed by atoms with Crippen LogP contribution in [0.5, 0.6) is 0 Å². The fourth-order valence-corrected chi connectivity index (χ4v) is 5.80. The number of carbonyl (C=O) groups is 2. The molecular weight excluding hydrogens is 570 g/mol. The zero-order chi connectivity index (χ0) is 28.9. The second-order valence-corrected chi connectivity index (χ2v) is 11.2. The Morgan fingerprint density at radius 3 is 2.41 bits per heavy atom. The minimum atomic E-state index is -4.14. The van der Waals surface area contributed by atoms with Crippen molar-refractivity contribution in [2.75, 3.05) is 22.1 Å². The lowest BCUT2D eigenvalue weighted by Crippen LogP contribution is -2.13. The largest absolute Gasteiger partial charge is 0.462 e. The average Bonchev–Trinajstić information content (AvgIpc) is 3.18. The van der Waals surface area contributed by atoms with Gasteiger partial charge in [-0.3, -0.25) is 25.1 Å². The monoisotopic (exact) mass is 593 g/mol. The van der Waals surface area contributed by atoms with E-state index in [2.05, 4.69) is 20.6 Å². The Kier molecular flexibility index (Phi) is 9.27. The zero-order valence-corrected chi connectivity index (χ0v) is 23.6. The van der Waals surface area contributed by atoms with Crippen LogP contribution in [-0.4, -0.2) is 37.5 Å². The van der Waals surface area contributed by atoms with Gasteiger partial charge in [0.2, 0.25) is 5.91 Å². The summed E-state index contributed by atoms with van der Waals surface area (Å²) in [6.45, 7) is 6.38. The summed E-state index contributed by atoms with van der Waals surface area (Å²) >= 11 is 6.92. The number of hydrogen-bond donors (Lipinski definition) is 3. The Bertz CT molecular complexity index is 1570. The lowest BCUT2D eigenvalue weighted by atomic mass is 10.1. The summed E-state index contributed by atoms with van der Waals surface area (Å²) < 4.78 is 33.0. The highest BCUT2D eigenvalue weighted by Crippen LogP contribution is 2.35. The Labute approximate surface area is 233 Å². The van der Waals surface area contributed by atoms with Crippen LogP contribution in [0.3, 0.4) is 0 Å². The number of sulfonamides is 1. The molecule has 0 spiro atoms. The van der Waals surface area contributed by atoms with Crippen molar-refractivity contribution in [3.63, 3.8) is 0 Å². The highest BCUT2D eigenvalue weighted by atomic mass is 35.5. The summed E-state index contributed by atoms with van der Waals surface area (Å²) in [4.78, 5) is 35.3. The van der Waals surface area contributed by atoms with Crippen LogP contribution in [0.2, 0.25) is 5.02 Å². The van der Waals surface area contributed by atoms with E-state index in [1.165, 1.54) is 43.3 Å². The van der Waals surface area contributed by atoms with E-state index in [9.17, 15) is 28.1 Å². The third kappa shape index (κ3) is 7.10. The fraction of sp³-hybridized carbons (Fsp3) is 0.208. The Balaban J connectivity index is 1.93. The number of benzene rings is 2. The van der Waals surface area contributed by atoms with E-state index in [1.807, 2.05) is 0 Å². The number of nitrogens with one attached hydrogen (secondary N) is 3. The molecule has 0 atom stereocenters. The summed E-state index contributed by atoms with van der Waals surface area (Å²) in [6.07, 6.45) is 0. The molecule has 12 nitrogen and oxygen atoms in total. The molecule has 2 aromatic carbocycles. The van der Waals surface area contributed by atoms with Gasteiger partial charge in [0.25, 0.3) is 15.7 Å². The first kappa shape index (κ1) is 29.5. The highest BCUT2D eigenvalue weighted by molar-refractivity contribution is 7.92. The molecule has 206 valence electrons. The van der Waals surface area contributed by atoms with Gasteiger partial charge in [0.1, 0.15) is 10.7 Å². The van der Waals surface area contributed by atoms with E-state index in [0.717, 1.165) is 17.4 Å². The third-order valence-electron chi connectivity index (χ3n) is 5.16. The van der Waals surface area contributed by atoms with Crippen LogP contribution in [0.1, 0.15) is 41.6 Å². The minimum absolute atomic E-state index is 0.0632. The number of esters is 1. The van der Waals surface area contributed by atoms with Gasteiger partial charge < -0.3 is 10.1 Å². The number of amides is 1. The van der Waals surface area contributed by atoms with Crippen molar-refractivity contribution in [2.24, 2.45) is 5.10 Å². The number of nitro groups is 1. The number of thiophene rings is 1. The van der Waals surface area contributed by atoms with Crippen molar-refractivity contribution in [2.45, 2.75) is 32.6 Å². The second kappa shape index (κ2) is 12.2. The predicted molar refractivity (Wildman–Crippen MR) is 151 cm³/mol. The molecule has 3 rings (SSSR count). The maximum atomic E-state index is 12.8. The van der Waals surface area contributed by atoms with E-state index in [4.69, 9.17) is 16.3 Å². The van der Waals surface area contributed by atoms with Crippen LogP contribution in [0.15, 0.2) is 52.5 Å². The molecule has 0 saturated heterocycles. The van der Waals surface area contributed by atoms with E-state index < -0.39 is 26.6 Å². The molecule has 0 fully saturated rings. The highest BCUT2D eigenvalue weighted by Gasteiger charge is 2.25. The van der Waals surface area contributed by atoms with E-state index in [0.29, 0.717) is 21.2 Å². The van der Waals surface area contributed by atoms with E-state index in [1.54, 1.807) is 20.8 Å². The van der Waals surface area contributed by atoms with Crippen molar-refractivity contribution in [3.05, 3.63) is 73.6 Å². The topological polar surface area (TPSA) is 169 Å². The number of hydrogen-bond acceptors (Lipinski definition) is 10. The van der Waals surface area contributed by atoms with Gasteiger partial charge in [0.05, 0.1) is 32.6 Å². The number of hydrazone groups is 1. The first-order valence-corrected chi connectivity index (χ1v) is 14.0. The zero-order valence-electron chi connectivity index (χ0n) is 21.2. The number of ether oxygens (including phenoxy) is 1. The predicted octanol–water partition coefficient (Wildman–Crippen LogP) is 5.39. The van der Waals surface area contributed by atoms with Crippen LogP contribution in [0.25, 0.3) is 0 Å². The van der Waals surface area contributed by atoms with Crippen LogP contribution >= 0.6 is 22.9 Å². The van der Waals surface area contributed by atoms with Gasteiger partial charge in [-0.25, -0.2) is 13.2 Å². The summed E-state index contributed by atoms with van der Waals surface area (Å²) in [5, 5.41) is 19.3. The van der Waals surface area contributed by atoms with Crippen molar-refractivity contribution < 1.29 is 27.7 Å². The van der Waals surface area contributed by atoms with Crippen LogP contribution < -0.4 is 15.5 Å². The summed E-state index contributed by atoms with van der Waals surface area (Å²) in [6, 6.07) is 9.24. The number of anilines is 3.